The summed E-state index contributed by atoms with van der Waals surface area (Å²) >= 11 is 6.04. The lowest BCUT2D eigenvalue weighted by atomic mass is 9.80. The van der Waals surface area contributed by atoms with Gasteiger partial charge in [-0.05, 0) is 18.6 Å². The zero-order valence-electron chi connectivity index (χ0n) is 11.8. The number of hydrogen-bond donors (Lipinski definition) is 1. The molecule has 4 nitrogen and oxygen atoms in total. The number of ketones is 2. The largest absolute Gasteiger partial charge is 0.468 e. The van der Waals surface area contributed by atoms with Crippen LogP contribution >= 0.6 is 11.6 Å². The van der Waals surface area contributed by atoms with Crippen LogP contribution in [0.5, 0.6) is 0 Å². The summed E-state index contributed by atoms with van der Waals surface area (Å²) in [4.78, 5) is 24.2. The molecule has 22 heavy (non-hydrogen) atoms. The molecule has 112 valence electrons. The molecule has 0 fully saturated rings. The summed E-state index contributed by atoms with van der Waals surface area (Å²) in [6.45, 7) is 1.14. The number of rotatable bonds is 2. The maximum absolute atomic E-state index is 12.2. The number of carbonyl (C=O) groups excluding carboxylic acids is 2. The van der Waals surface area contributed by atoms with Crippen LogP contribution in [0.3, 0.4) is 0 Å². The Hall–Kier alpha value is -2.17. The Balaban J connectivity index is 1.98. The van der Waals surface area contributed by atoms with Gasteiger partial charge in [-0.15, -0.1) is 0 Å². The standard InChI is InChI=1S/C17H13ClO4/c1-17(21)15(19)13-9-22-11(7-10-5-3-2-4-6-10)8-12(13)14(18)16(17)20/h2-6,8-9,21H,7H2,1H3. The lowest BCUT2D eigenvalue weighted by Gasteiger charge is -2.29. The third-order valence-corrected chi connectivity index (χ3v) is 4.08. The fraction of sp³-hybridized carbons (Fsp3) is 0.176. The van der Waals surface area contributed by atoms with Crippen molar-refractivity contribution in [2.24, 2.45) is 0 Å². The predicted molar refractivity (Wildman–Crippen MR) is 80.9 cm³/mol. The van der Waals surface area contributed by atoms with Crippen molar-refractivity contribution in [1.82, 2.24) is 0 Å². The Morgan fingerprint density at radius 2 is 1.86 bits per heavy atom. The van der Waals surface area contributed by atoms with Crippen LogP contribution < -0.4 is 0 Å². The van der Waals surface area contributed by atoms with Crippen LogP contribution in [0.25, 0.3) is 0 Å². The number of carbonyl (C=O) groups is 2. The number of allylic oxidation sites excluding steroid dienone is 3. The van der Waals surface area contributed by atoms with Crippen molar-refractivity contribution in [1.29, 1.82) is 0 Å². The Labute approximate surface area is 132 Å². The van der Waals surface area contributed by atoms with E-state index in [4.69, 9.17) is 16.3 Å². The van der Waals surface area contributed by atoms with Gasteiger partial charge in [0.15, 0.2) is 5.60 Å². The molecule has 1 heterocycles. The van der Waals surface area contributed by atoms with Gasteiger partial charge in [0.1, 0.15) is 12.0 Å². The second-order valence-corrected chi connectivity index (χ2v) is 5.76. The van der Waals surface area contributed by atoms with Gasteiger partial charge in [-0.2, -0.15) is 0 Å². The van der Waals surface area contributed by atoms with Gasteiger partial charge in [0, 0.05) is 12.0 Å². The summed E-state index contributed by atoms with van der Waals surface area (Å²) in [5.41, 5.74) is -0.685. The van der Waals surface area contributed by atoms with Crippen LogP contribution in [0.2, 0.25) is 0 Å². The molecule has 2 aliphatic rings. The zero-order chi connectivity index (χ0) is 15.9. The molecule has 0 spiro atoms. The molecule has 0 bridgehead atoms. The highest BCUT2D eigenvalue weighted by atomic mass is 35.5. The minimum Gasteiger partial charge on any atom is -0.468 e. The highest BCUT2D eigenvalue weighted by Gasteiger charge is 2.48. The minimum atomic E-state index is -2.14. The maximum Gasteiger partial charge on any atom is 0.214 e. The highest BCUT2D eigenvalue weighted by molar-refractivity contribution is 6.49. The highest BCUT2D eigenvalue weighted by Crippen LogP contribution is 2.37. The van der Waals surface area contributed by atoms with E-state index in [1.807, 2.05) is 30.3 Å². The van der Waals surface area contributed by atoms with Crippen molar-refractivity contribution in [3.63, 3.8) is 0 Å². The summed E-state index contributed by atoms with van der Waals surface area (Å²) < 4.78 is 5.46. The van der Waals surface area contributed by atoms with Gasteiger partial charge in [-0.1, -0.05) is 41.9 Å². The molecule has 0 saturated heterocycles. The zero-order valence-corrected chi connectivity index (χ0v) is 12.6. The Morgan fingerprint density at radius 3 is 2.55 bits per heavy atom. The van der Waals surface area contributed by atoms with E-state index >= 15 is 0 Å². The summed E-state index contributed by atoms with van der Waals surface area (Å²) in [6.07, 6.45) is 3.34. The molecule has 0 radical (unpaired) electrons. The average molecular weight is 317 g/mol. The topological polar surface area (TPSA) is 63.6 Å². The predicted octanol–water partition coefficient (Wildman–Crippen LogP) is 2.42. The number of aliphatic hydroxyl groups is 1. The van der Waals surface area contributed by atoms with E-state index in [-0.39, 0.29) is 10.6 Å². The number of fused-ring (bicyclic) bond motifs is 1. The van der Waals surface area contributed by atoms with Gasteiger partial charge >= 0.3 is 0 Å². The number of Topliss-reactive ketones (excluding diaryl/α,β-unsaturated/α-hetero) is 2. The fourth-order valence-corrected chi connectivity index (χ4v) is 2.76. The van der Waals surface area contributed by atoms with Gasteiger partial charge in [-0.3, -0.25) is 9.59 Å². The molecule has 3 rings (SSSR count). The molecule has 1 aromatic rings. The number of halogens is 1. The summed E-state index contributed by atoms with van der Waals surface area (Å²) in [7, 11) is 0. The smallest absolute Gasteiger partial charge is 0.214 e. The van der Waals surface area contributed by atoms with Crippen LogP contribution in [0.1, 0.15) is 12.5 Å². The summed E-state index contributed by atoms with van der Waals surface area (Å²) in [5.74, 6) is -0.916. The van der Waals surface area contributed by atoms with Crippen LogP contribution in [0.4, 0.5) is 0 Å². The molecule has 0 saturated carbocycles. The molecule has 1 aromatic carbocycles. The van der Waals surface area contributed by atoms with E-state index in [2.05, 4.69) is 0 Å². The van der Waals surface area contributed by atoms with Crippen LogP contribution in [0.15, 0.2) is 64.6 Å². The third-order valence-electron chi connectivity index (χ3n) is 3.71. The van der Waals surface area contributed by atoms with Crippen LogP contribution in [-0.4, -0.2) is 22.3 Å². The average Bonchev–Trinajstić information content (AvgIpc) is 2.52. The van der Waals surface area contributed by atoms with E-state index in [9.17, 15) is 14.7 Å². The Bertz CT molecular complexity index is 754. The first kappa shape index (κ1) is 14.8. The molecule has 0 amide bonds. The monoisotopic (exact) mass is 316 g/mol. The van der Waals surface area contributed by atoms with Gasteiger partial charge in [-0.25, -0.2) is 0 Å². The molecular formula is C17H13ClO4. The summed E-state index contributed by atoms with van der Waals surface area (Å²) in [5, 5.41) is 9.84. The molecule has 5 heteroatoms. The normalized spacial score (nSPS) is 24.5. The quantitative estimate of drug-likeness (QED) is 0.851. The number of benzene rings is 1. The number of ether oxygens (including phenoxy) is 1. The van der Waals surface area contributed by atoms with Crippen LogP contribution in [-0.2, 0) is 20.7 Å². The molecule has 1 aliphatic heterocycles. The second-order valence-electron chi connectivity index (χ2n) is 5.38. The van der Waals surface area contributed by atoms with Gasteiger partial charge in [0.05, 0.1) is 10.6 Å². The summed E-state index contributed by atoms with van der Waals surface area (Å²) in [6, 6.07) is 9.63. The molecular weight excluding hydrogens is 304 g/mol. The fourth-order valence-electron chi connectivity index (χ4n) is 2.42. The second kappa shape index (κ2) is 5.23. The SMILES string of the molecule is CC1(O)C(=O)C2=COC(Cc3ccccc3)=CC2=C(Cl)C1=O. The first-order valence-electron chi connectivity index (χ1n) is 6.74. The van der Waals surface area contributed by atoms with Crippen molar-refractivity contribution in [2.75, 3.05) is 0 Å². The lowest BCUT2D eigenvalue weighted by molar-refractivity contribution is -0.144. The minimum absolute atomic E-state index is 0.117. The van der Waals surface area contributed by atoms with E-state index in [1.165, 1.54) is 6.26 Å². The van der Waals surface area contributed by atoms with Crippen molar-refractivity contribution in [3.8, 4) is 0 Å². The molecule has 1 aliphatic carbocycles. The lowest BCUT2D eigenvalue weighted by Crippen LogP contribution is -2.48. The van der Waals surface area contributed by atoms with E-state index in [0.717, 1.165) is 12.5 Å². The third kappa shape index (κ3) is 2.30. The van der Waals surface area contributed by atoms with Gasteiger partial charge in [0.25, 0.3) is 0 Å². The van der Waals surface area contributed by atoms with Gasteiger partial charge in [0.2, 0.25) is 11.6 Å². The molecule has 1 N–H and O–H groups in total. The molecule has 1 unspecified atom stereocenters. The van der Waals surface area contributed by atoms with Crippen LogP contribution in [0, 0.1) is 0 Å². The van der Waals surface area contributed by atoms with E-state index < -0.39 is 17.2 Å². The molecule has 1 atom stereocenters. The van der Waals surface area contributed by atoms with Crippen molar-refractivity contribution in [2.45, 2.75) is 18.9 Å². The number of hydrogen-bond acceptors (Lipinski definition) is 4. The Morgan fingerprint density at radius 1 is 1.18 bits per heavy atom. The first-order chi connectivity index (χ1) is 10.4. The van der Waals surface area contributed by atoms with Crippen molar-refractivity contribution >= 4 is 23.2 Å². The van der Waals surface area contributed by atoms with Crippen molar-refractivity contribution in [3.05, 3.63) is 70.2 Å². The van der Waals surface area contributed by atoms with E-state index in [0.29, 0.717) is 17.8 Å². The van der Waals surface area contributed by atoms with Crippen molar-refractivity contribution < 1.29 is 19.4 Å². The first-order valence-corrected chi connectivity index (χ1v) is 7.12. The maximum atomic E-state index is 12.2. The van der Waals surface area contributed by atoms with E-state index in [1.54, 1.807) is 6.08 Å². The Kier molecular flexibility index (Phi) is 3.51. The molecule has 0 aromatic heterocycles. The van der Waals surface area contributed by atoms with Gasteiger partial charge < -0.3 is 9.84 Å².